The third-order valence-electron chi connectivity index (χ3n) is 4.38. The van der Waals surface area contributed by atoms with Gasteiger partial charge < -0.3 is 14.2 Å². The highest BCUT2D eigenvalue weighted by Gasteiger charge is 2.27. The van der Waals surface area contributed by atoms with Gasteiger partial charge in [0.25, 0.3) is 5.91 Å². The molecule has 0 bridgehead atoms. The number of benzene rings is 1. The molecule has 1 fully saturated rings. The lowest BCUT2D eigenvalue weighted by atomic mass is 10.1. The number of ether oxygens (including phenoxy) is 1. The Morgan fingerprint density at radius 1 is 1.24 bits per heavy atom. The van der Waals surface area contributed by atoms with Crippen LogP contribution in [0.15, 0.2) is 33.7 Å². The summed E-state index contributed by atoms with van der Waals surface area (Å²) >= 11 is 1.65. The van der Waals surface area contributed by atoms with E-state index in [-0.39, 0.29) is 18.1 Å². The minimum Gasteiger partial charge on any atom is -0.372 e. The second-order valence-corrected chi connectivity index (χ2v) is 7.57. The lowest BCUT2D eigenvalue weighted by Crippen LogP contribution is -2.48. The minimum atomic E-state index is 0.0646. The molecule has 0 aliphatic carbocycles. The zero-order valence-electron chi connectivity index (χ0n) is 15.1. The first-order valence-electron chi connectivity index (χ1n) is 8.54. The van der Waals surface area contributed by atoms with Crippen LogP contribution in [-0.2, 0) is 10.5 Å². The Kier molecular flexibility index (Phi) is 5.49. The van der Waals surface area contributed by atoms with Crippen LogP contribution >= 0.6 is 11.8 Å². The van der Waals surface area contributed by atoms with Crippen molar-refractivity contribution in [1.82, 2.24) is 10.1 Å². The molecule has 1 aromatic heterocycles. The van der Waals surface area contributed by atoms with Crippen LogP contribution in [0.2, 0.25) is 0 Å². The van der Waals surface area contributed by atoms with Crippen molar-refractivity contribution in [3.63, 3.8) is 0 Å². The molecule has 2 aromatic rings. The van der Waals surface area contributed by atoms with Gasteiger partial charge in [-0.2, -0.15) is 0 Å². The summed E-state index contributed by atoms with van der Waals surface area (Å²) in [5.41, 5.74) is 2.76. The Labute approximate surface area is 152 Å². The van der Waals surface area contributed by atoms with Crippen LogP contribution in [0.3, 0.4) is 0 Å². The van der Waals surface area contributed by atoms with Crippen LogP contribution in [0, 0.1) is 13.8 Å². The number of carbonyl (C=O) groups is 1. The Bertz CT molecular complexity index is 729. The van der Waals surface area contributed by atoms with Gasteiger partial charge in [0, 0.05) is 29.3 Å². The lowest BCUT2D eigenvalue weighted by Gasteiger charge is -2.35. The van der Waals surface area contributed by atoms with Gasteiger partial charge in [0.2, 0.25) is 0 Å². The largest absolute Gasteiger partial charge is 0.372 e. The molecule has 1 aromatic carbocycles. The molecule has 1 saturated heterocycles. The van der Waals surface area contributed by atoms with Gasteiger partial charge in [0.05, 0.1) is 23.5 Å². The molecule has 1 aliphatic rings. The standard InChI is InChI=1S/C19H24N2O3S/c1-12-9-21(10-13(2)23-12)19(22)16-7-5-6-8-18(16)25-11-17-14(3)20-24-15(17)4/h5-8,12-13H,9-11H2,1-4H3. The van der Waals surface area contributed by atoms with Gasteiger partial charge in [-0.25, -0.2) is 0 Å². The SMILES string of the molecule is Cc1noc(C)c1CSc1ccccc1C(=O)N1CC(C)OC(C)C1. The van der Waals surface area contributed by atoms with Crippen molar-refractivity contribution < 1.29 is 14.1 Å². The summed E-state index contributed by atoms with van der Waals surface area (Å²) in [5, 5.41) is 4.00. The first-order chi connectivity index (χ1) is 12.0. The first kappa shape index (κ1) is 18.0. The molecule has 0 N–H and O–H groups in total. The molecular formula is C19H24N2O3S. The third-order valence-corrected chi connectivity index (χ3v) is 5.48. The average Bonchev–Trinajstić information content (AvgIpc) is 2.90. The van der Waals surface area contributed by atoms with E-state index in [0.29, 0.717) is 13.1 Å². The molecule has 2 atom stereocenters. The molecule has 2 unspecified atom stereocenters. The summed E-state index contributed by atoms with van der Waals surface area (Å²) in [6, 6.07) is 7.80. The maximum absolute atomic E-state index is 13.0. The zero-order chi connectivity index (χ0) is 18.0. The number of aromatic nitrogens is 1. The molecule has 5 nitrogen and oxygen atoms in total. The second-order valence-electron chi connectivity index (χ2n) is 6.56. The number of hydrogen-bond donors (Lipinski definition) is 0. The maximum Gasteiger partial charge on any atom is 0.255 e. The van der Waals surface area contributed by atoms with Gasteiger partial charge in [-0.3, -0.25) is 4.79 Å². The molecule has 2 heterocycles. The predicted molar refractivity (Wildman–Crippen MR) is 97.9 cm³/mol. The van der Waals surface area contributed by atoms with Crippen LogP contribution < -0.4 is 0 Å². The van der Waals surface area contributed by atoms with E-state index in [9.17, 15) is 4.79 Å². The zero-order valence-corrected chi connectivity index (χ0v) is 15.9. The lowest BCUT2D eigenvalue weighted by molar-refractivity contribution is -0.0586. The highest BCUT2D eigenvalue weighted by atomic mass is 32.2. The molecule has 1 aliphatic heterocycles. The van der Waals surface area contributed by atoms with E-state index >= 15 is 0 Å². The summed E-state index contributed by atoms with van der Waals surface area (Å²) in [7, 11) is 0. The molecule has 0 radical (unpaired) electrons. The average molecular weight is 360 g/mol. The summed E-state index contributed by atoms with van der Waals surface area (Å²) in [6.07, 6.45) is 0.129. The molecule has 3 rings (SSSR count). The van der Waals surface area contributed by atoms with Crippen molar-refractivity contribution in [3.05, 3.63) is 46.8 Å². The van der Waals surface area contributed by atoms with Crippen molar-refractivity contribution in [2.75, 3.05) is 13.1 Å². The Morgan fingerprint density at radius 3 is 2.56 bits per heavy atom. The fourth-order valence-corrected chi connectivity index (χ4v) is 4.34. The summed E-state index contributed by atoms with van der Waals surface area (Å²) in [5.74, 6) is 1.65. The number of hydrogen-bond acceptors (Lipinski definition) is 5. The third kappa shape index (κ3) is 4.07. The van der Waals surface area contributed by atoms with Crippen LogP contribution in [-0.4, -0.2) is 41.3 Å². The predicted octanol–water partition coefficient (Wildman–Crippen LogP) is 3.83. The highest BCUT2D eigenvalue weighted by molar-refractivity contribution is 7.98. The minimum absolute atomic E-state index is 0.0646. The molecule has 1 amide bonds. The number of morpholine rings is 1. The van der Waals surface area contributed by atoms with Gasteiger partial charge in [-0.15, -0.1) is 11.8 Å². The van der Waals surface area contributed by atoms with Crippen LogP contribution in [0.25, 0.3) is 0 Å². The van der Waals surface area contributed by atoms with Gasteiger partial charge >= 0.3 is 0 Å². The topological polar surface area (TPSA) is 55.6 Å². The van der Waals surface area contributed by atoms with E-state index < -0.39 is 0 Å². The van der Waals surface area contributed by atoms with Gasteiger partial charge in [-0.05, 0) is 39.8 Å². The first-order valence-corrected chi connectivity index (χ1v) is 9.52. The molecule has 134 valence electrons. The molecular weight excluding hydrogens is 336 g/mol. The van der Waals surface area contributed by atoms with E-state index in [2.05, 4.69) is 5.16 Å². The molecule has 0 spiro atoms. The number of aryl methyl sites for hydroxylation is 2. The van der Waals surface area contributed by atoms with E-state index in [1.807, 2.05) is 56.9 Å². The molecule has 6 heteroatoms. The number of thioether (sulfide) groups is 1. The normalized spacial score (nSPS) is 20.7. The number of nitrogens with zero attached hydrogens (tertiary/aromatic N) is 2. The second kappa shape index (κ2) is 7.62. The van der Waals surface area contributed by atoms with E-state index in [1.54, 1.807) is 11.8 Å². The Balaban J connectivity index is 1.77. The Morgan fingerprint density at radius 2 is 1.92 bits per heavy atom. The highest BCUT2D eigenvalue weighted by Crippen LogP contribution is 2.30. The molecule has 25 heavy (non-hydrogen) atoms. The van der Waals surface area contributed by atoms with Crippen molar-refractivity contribution in [2.24, 2.45) is 0 Å². The fourth-order valence-electron chi connectivity index (χ4n) is 3.14. The van der Waals surface area contributed by atoms with Crippen molar-refractivity contribution >= 4 is 17.7 Å². The van der Waals surface area contributed by atoms with E-state index in [0.717, 1.165) is 33.2 Å². The number of carbonyl (C=O) groups excluding carboxylic acids is 1. The van der Waals surface area contributed by atoms with Crippen molar-refractivity contribution in [1.29, 1.82) is 0 Å². The van der Waals surface area contributed by atoms with Gasteiger partial charge in [-0.1, -0.05) is 17.3 Å². The summed E-state index contributed by atoms with van der Waals surface area (Å²) in [6.45, 7) is 9.14. The molecule has 0 saturated carbocycles. The van der Waals surface area contributed by atoms with Crippen molar-refractivity contribution in [3.8, 4) is 0 Å². The fraction of sp³-hybridized carbons (Fsp3) is 0.474. The van der Waals surface area contributed by atoms with E-state index in [1.165, 1.54) is 0 Å². The number of rotatable bonds is 4. The quantitative estimate of drug-likeness (QED) is 0.776. The van der Waals surface area contributed by atoms with Crippen LogP contribution in [0.1, 0.15) is 41.2 Å². The summed E-state index contributed by atoms with van der Waals surface area (Å²) < 4.78 is 11.0. The smallest absolute Gasteiger partial charge is 0.255 e. The van der Waals surface area contributed by atoms with Gasteiger partial charge in [0.1, 0.15) is 5.76 Å². The maximum atomic E-state index is 13.0. The van der Waals surface area contributed by atoms with Crippen molar-refractivity contribution in [2.45, 2.75) is 50.6 Å². The van der Waals surface area contributed by atoms with E-state index in [4.69, 9.17) is 9.26 Å². The van der Waals surface area contributed by atoms with Crippen LogP contribution in [0.5, 0.6) is 0 Å². The van der Waals surface area contributed by atoms with Crippen LogP contribution in [0.4, 0.5) is 0 Å². The van der Waals surface area contributed by atoms with Gasteiger partial charge in [0.15, 0.2) is 0 Å². The Hall–Kier alpha value is -1.79. The monoisotopic (exact) mass is 360 g/mol. The summed E-state index contributed by atoms with van der Waals surface area (Å²) in [4.78, 5) is 15.9. The number of amides is 1.